The summed E-state index contributed by atoms with van der Waals surface area (Å²) in [5.41, 5.74) is 0. The Morgan fingerprint density at radius 2 is 2.58 bits per heavy atom. The second kappa shape index (κ2) is 3.53. The quantitative estimate of drug-likeness (QED) is 0.447. The van der Waals surface area contributed by atoms with E-state index in [1.54, 1.807) is 0 Å². The van der Waals surface area contributed by atoms with Crippen molar-refractivity contribution in [1.29, 1.82) is 0 Å². The van der Waals surface area contributed by atoms with Crippen LogP contribution in [0.15, 0.2) is 6.20 Å². The number of hydrogen-bond acceptors (Lipinski definition) is 3. The molecule has 1 heterocycles. The van der Waals surface area contributed by atoms with Crippen LogP contribution in [0.2, 0.25) is 0 Å². The van der Waals surface area contributed by atoms with E-state index < -0.39 is 4.92 Å². The fraction of sp³-hybridized carbons (Fsp3) is 0.500. The Morgan fingerprint density at radius 3 is 3.00 bits per heavy atom. The smallest absolute Gasteiger partial charge is 0.340 e. The number of nitro groups is 1. The second-order valence-electron chi connectivity index (χ2n) is 2.47. The fourth-order valence-electron chi connectivity index (χ4n) is 0.743. The van der Waals surface area contributed by atoms with Gasteiger partial charge in [-0.15, -0.1) is 11.6 Å². The van der Waals surface area contributed by atoms with Gasteiger partial charge in [0, 0.05) is 5.88 Å². The first-order valence-corrected chi connectivity index (χ1v) is 3.94. The van der Waals surface area contributed by atoms with Crippen LogP contribution in [0.3, 0.4) is 0 Å². The predicted molar refractivity (Wildman–Crippen MR) is 44.4 cm³/mol. The zero-order valence-electron chi connectivity index (χ0n) is 6.45. The molecule has 1 aromatic heterocycles. The van der Waals surface area contributed by atoms with Crippen molar-refractivity contribution in [3.05, 3.63) is 22.1 Å². The number of hydrogen-bond donors (Lipinski definition) is 1. The molecule has 0 saturated heterocycles. The van der Waals surface area contributed by atoms with Gasteiger partial charge in [0.25, 0.3) is 0 Å². The van der Waals surface area contributed by atoms with Gasteiger partial charge in [0.15, 0.2) is 5.82 Å². The summed E-state index contributed by atoms with van der Waals surface area (Å²) in [7, 11) is 0. The van der Waals surface area contributed by atoms with E-state index in [2.05, 4.69) is 9.97 Å². The van der Waals surface area contributed by atoms with Gasteiger partial charge >= 0.3 is 5.82 Å². The first-order chi connectivity index (χ1) is 5.65. The highest BCUT2D eigenvalue weighted by Crippen LogP contribution is 2.15. The molecule has 66 valence electrons. The van der Waals surface area contributed by atoms with E-state index in [9.17, 15) is 10.1 Å². The third-order valence-corrected chi connectivity index (χ3v) is 1.94. The number of H-pyrrole nitrogens is 1. The zero-order chi connectivity index (χ0) is 9.14. The average Bonchev–Trinajstić information content (AvgIpc) is 2.51. The molecule has 6 heteroatoms. The minimum Gasteiger partial charge on any atom is -0.358 e. The van der Waals surface area contributed by atoms with Crippen molar-refractivity contribution in [3.63, 3.8) is 0 Å². The van der Waals surface area contributed by atoms with Gasteiger partial charge in [-0.25, -0.2) is 9.97 Å². The molecule has 0 aliphatic carbocycles. The number of halogens is 1. The molecule has 12 heavy (non-hydrogen) atoms. The Balaban J connectivity index is 2.84. The van der Waals surface area contributed by atoms with Gasteiger partial charge in [-0.05, 0) is 4.92 Å². The van der Waals surface area contributed by atoms with Crippen LogP contribution in [-0.2, 0) is 0 Å². The van der Waals surface area contributed by atoms with Crippen LogP contribution >= 0.6 is 11.6 Å². The zero-order valence-corrected chi connectivity index (χ0v) is 7.21. The minimum atomic E-state index is -0.516. The first-order valence-electron chi connectivity index (χ1n) is 3.40. The van der Waals surface area contributed by atoms with Crippen molar-refractivity contribution in [2.24, 2.45) is 0 Å². The predicted octanol–water partition coefficient (Wildman–Crippen LogP) is 1.66. The molecule has 1 aromatic rings. The van der Waals surface area contributed by atoms with Crippen LogP contribution in [0, 0.1) is 10.1 Å². The molecule has 0 fully saturated rings. The van der Waals surface area contributed by atoms with Crippen molar-refractivity contribution in [3.8, 4) is 0 Å². The monoisotopic (exact) mass is 189 g/mol. The van der Waals surface area contributed by atoms with Gasteiger partial charge in [0.2, 0.25) is 0 Å². The summed E-state index contributed by atoms with van der Waals surface area (Å²) >= 11 is 5.55. The molecule has 0 aliphatic heterocycles. The molecule has 1 atom stereocenters. The van der Waals surface area contributed by atoms with Gasteiger partial charge in [0.1, 0.15) is 6.20 Å². The lowest BCUT2D eigenvalue weighted by Gasteiger charge is -1.96. The molecule has 0 aliphatic rings. The summed E-state index contributed by atoms with van der Waals surface area (Å²) in [6, 6.07) is 0. The number of aromatic nitrogens is 2. The third-order valence-electron chi connectivity index (χ3n) is 1.48. The largest absolute Gasteiger partial charge is 0.358 e. The summed E-state index contributed by atoms with van der Waals surface area (Å²) in [5.74, 6) is 0.865. The Hall–Kier alpha value is -1.10. The van der Waals surface area contributed by atoms with Crippen LogP contribution in [-0.4, -0.2) is 20.8 Å². The highest BCUT2D eigenvalue weighted by Gasteiger charge is 2.14. The van der Waals surface area contributed by atoms with E-state index in [1.165, 1.54) is 6.20 Å². The summed E-state index contributed by atoms with van der Waals surface area (Å²) in [6.45, 7) is 1.84. The Labute approximate surface area is 73.9 Å². The summed E-state index contributed by atoms with van der Waals surface area (Å²) < 4.78 is 0. The van der Waals surface area contributed by atoms with Gasteiger partial charge in [-0.3, -0.25) is 0 Å². The molecule has 0 bridgehead atoms. The van der Waals surface area contributed by atoms with Gasteiger partial charge < -0.3 is 10.1 Å². The lowest BCUT2D eigenvalue weighted by molar-refractivity contribution is -0.389. The van der Waals surface area contributed by atoms with E-state index in [-0.39, 0.29) is 11.7 Å². The maximum atomic E-state index is 10.2. The molecule has 1 unspecified atom stereocenters. The van der Waals surface area contributed by atoms with Gasteiger partial charge in [-0.2, -0.15) is 0 Å². The molecule has 0 saturated carbocycles. The number of nitrogens with zero attached hydrogens (tertiary/aromatic N) is 2. The molecule has 1 rings (SSSR count). The fourth-order valence-corrected chi connectivity index (χ4v) is 0.889. The van der Waals surface area contributed by atoms with Gasteiger partial charge in [-0.1, -0.05) is 6.92 Å². The SMILES string of the molecule is CC(CCl)c1ncc([N+](=O)[O-])[nH]1. The Morgan fingerprint density at radius 1 is 1.92 bits per heavy atom. The number of aromatic amines is 1. The molecule has 5 nitrogen and oxygen atoms in total. The maximum absolute atomic E-state index is 10.2. The molecule has 0 amide bonds. The highest BCUT2D eigenvalue weighted by atomic mass is 35.5. The average molecular weight is 190 g/mol. The Bertz CT molecular complexity index is 286. The minimum absolute atomic E-state index is 0.0142. The summed E-state index contributed by atoms with van der Waals surface area (Å²) in [4.78, 5) is 16.1. The van der Waals surface area contributed by atoms with Crippen LogP contribution in [0.4, 0.5) is 5.82 Å². The van der Waals surface area contributed by atoms with Crippen molar-refractivity contribution in [1.82, 2.24) is 9.97 Å². The standard InChI is InChI=1S/C6H8ClN3O2/c1-4(2-7)6-8-3-5(9-6)10(11)12/h3-4H,2H2,1H3,(H,8,9). The van der Waals surface area contributed by atoms with E-state index in [0.717, 1.165) is 0 Å². The third kappa shape index (κ3) is 1.73. The van der Waals surface area contributed by atoms with Crippen LogP contribution in [0.5, 0.6) is 0 Å². The topological polar surface area (TPSA) is 71.8 Å². The lowest BCUT2D eigenvalue weighted by atomic mass is 10.2. The molecular weight excluding hydrogens is 182 g/mol. The summed E-state index contributed by atoms with van der Waals surface area (Å²) in [6.07, 6.45) is 1.19. The number of nitrogens with one attached hydrogen (secondary N) is 1. The maximum Gasteiger partial charge on any atom is 0.340 e. The molecule has 0 aromatic carbocycles. The van der Waals surface area contributed by atoms with E-state index in [4.69, 9.17) is 11.6 Å². The van der Waals surface area contributed by atoms with Crippen molar-refractivity contribution >= 4 is 17.4 Å². The number of rotatable bonds is 3. The van der Waals surface area contributed by atoms with Crippen LogP contribution in [0.25, 0.3) is 0 Å². The van der Waals surface area contributed by atoms with Gasteiger partial charge in [0.05, 0.1) is 5.92 Å². The number of alkyl halides is 1. The van der Waals surface area contributed by atoms with Crippen molar-refractivity contribution in [2.75, 3.05) is 5.88 Å². The van der Waals surface area contributed by atoms with Crippen molar-refractivity contribution < 1.29 is 4.92 Å². The molecule has 0 spiro atoms. The normalized spacial score (nSPS) is 12.8. The lowest BCUT2D eigenvalue weighted by Crippen LogP contribution is -1.97. The van der Waals surface area contributed by atoms with E-state index in [0.29, 0.717) is 11.7 Å². The van der Waals surface area contributed by atoms with Crippen LogP contribution in [0.1, 0.15) is 18.7 Å². The highest BCUT2D eigenvalue weighted by molar-refractivity contribution is 6.18. The first kappa shape index (κ1) is 8.99. The van der Waals surface area contributed by atoms with E-state index >= 15 is 0 Å². The molecular formula is C6H8ClN3O2. The second-order valence-corrected chi connectivity index (χ2v) is 2.77. The number of imidazole rings is 1. The van der Waals surface area contributed by atoms with Crippen molar-refractivity contribution in [2.45, 2.75) is 12.8 Å². The summed E-state index contributed by atoms with van der Waals surface area (Å²) in [5, 5.41) is 10.2. The van der Waals surface area contributed by atoms with E-state index in [1.807, 2.05) is 6.92 Å². The molecule has 0 radical (unpaired) electrons. The van der Waals surface area contributed by atoms with Crippen LogP contribution < -0.4 is 0 Å². The molecule has 1 N–H and O–H groups in total. The Kier molecular flexibility index (Phi) is 2.65.